The van der Waals surface area contributed by atoms with Gasteiger partial charge in [-0.15, -0.1) is 0 Å². The molecule has 1 N–H and O–H groups in total. The minimum atomic E-state index is -0.706. The van der Waals surface area contributed by atoms with Crippen molar-refractivity contribution < 1.29 is 19.4 Å². The first-order valence-corrected chi connectivity index (χ1v) is 7.22. The third-order valence-corrected chi connectivity index (χ3v) is 3.98. The Morgan fingerprint density at radius 2 is 2.05 bits per heavy atom. The third-order valence-electron chi connectivity index (χ3n) is 3.98. The fraction of sp³-hybridized carbons (Fsp3) is 0.500. The molecule has 0 unspecified atom stereocenters. The molecule has 1 aromatic carbocycles. The van der Waals surface area contributed by atoms with E-state index in [4.69, 9.17) is 9.84 Å². The van der Waals surface area contributed by atoms with Crippen molar-refractivity contribution in [3.63, 3.8) is 0 Å². The van der Waals surface area contributed by atoms with Gasteiger partial charge >= 0.3 is 5.97 Å². The van der Waals surface area contributed by atoms with E-state index in [1.54, 1.807) is 19.2 Å². The van der Waals surface area contributed by atoms with Crippen molar-refractivity contribution in [1.82, 2.24) is 4.90 Å². The van der Waals surface area contributed by atoms with E-state index in [0.29, 0.717) is 37.1 Å². The van der Waals surface area contributed by atoms with Crippen LogP contribution < -0.4 is 4.74 Å². The van der Waals surface area contributed by atoms with Crippen LogP contribution in [0.3, 0.4) is 0 Å². The van der Waals surface area contributed by atoms with Gasteiger partial charge in [-0.05, 0) is 38.1 Å². The summed E-state index contributed by atoms with van der Waals surface area (Å²) in [6.45, 7) is 2.19. The maximum Gasteiger partial charge on any atom is 0.306 e. The fourth-order valence-corrected chi connectivity index (χ4v) is 2.60. The van der Waals surface area contributed by atoms with Gasteiger partial charge in [0.25, 0.3) is 0 Å². The van der Waals surface area contributed by atoms with Crippen LogP contribution in [0.15, 0.2) is 24.3 Å². The molecule has 0 atom stereocenters. The zero-order chi connectivity index (χ0) is 15.2. The molecule has 0 radical (unpaired) electrons. The Labute approximate surface area is 124 Å². The summed E-state index contributed by atoms with van der Waals surface area (Å²) >= 11 is 0. The first-order chi connectivity index (χ1) is 10.1. The average molecular weight is 291 g/mol. The zero-order valence-corrected chi connectivity index (χ0v) is 12.2. The largest absolute Gasteiger partial charge is 0.497 e. The maximum absolute atomic E-state index is 12.2. The molecule has 1 fully saturated rings. The number of hydrogen-bond donors (Lipinski definition) is 1. The molecule has 0 spiro atoms. The Morgan fingerprint density at radius 1 is 1.33 bits per heavy atom. The lowest BCUT2D eigenvalue weighted by Gasteiger charge is -2.29. The number of carbonyl (C=O) groups excluding carboxylic acids is 1. The van der Waals surface area contributed by atoms with Gasteiger partial charge in [-0.3, -0.25) is 9.59 Å². The Hall–Kier alpha value is -1.88. The highest BCUT2D eigenvalue weighted by Gasteiger charge is 2.24. The number of likely N-dealkylation sites (tertiary alicyclic amines) is 1. The third kappa shape index (κ3) is 4.29. The van der Waals surface area contributed by atoms with E-state index in [9.17, 15) is 9.59 Å². The topological polar surface area (TPSA) is 66.8 Å². The maximum atomic E-state index is 12.2. The summed E-state index contributed by atoms with van der Waals surface area (Å²) in [4.78, 5) is 25.2. The summed E-state index contributed by atoms with van der Waals surface area (Å²) < 4.78 is 5.12. The number of piperidine rings is 1. The molecule has 1 aliphatic rings. The molecule has 1 saturated heterocycles. The molecule has 5 nitrogen and oxygen atoms in total. The number of carboxylic acid groups (broad SMARTS) is 1. The highest BCUT2D eigenvalue weighted by atomic mass is 16.5. The van der Waals surface area contributed by atoms with Gasteiger partial charge < -0.3 is 14.7 Å². The zero-order valence-electron chi connectivity index (χ0n) is 12.2. The van der Waals surface area contributed by atoms with Crippen LogP contribution in [0.4, 0.5) is 0 Å². The second-order valence-corrected chi connectivity index (χ2v) is 5.36. The van der Waals surface area contributed by atoms with Crippen LogP contribution in [0.2, 0.25) is 0 Å². The second-order valence-electron chi connectivity index (χ2n) is 5.36. The predicted octanol–water partition coefficient (Wildman–Crippen LogP) is 2.06. The van der Waals surface area contributed by atoms with Crippen LogP contribution >= 0.6 is 0 Å². The van der Waals surface area contributed by atoms with Crippen molar-refractivity contribution in [3.05, 3.63) is 29.8 Å². The minimum Gasteiger partial charge on any atom is -0.497 e. The molecule has 1 aliphatic heterocycles. The Morgan fingerprint density at radius 3 is 2.67 bits per heavy atom. The molecular weight excluding hydrogens is 270 g/mol. The van der Waals surface area contributed by atoms with Crippen LogP contribution in [0, 0.1) is 5.92 Å². The molecule has 0 aromatic heterocycles. The van der Waals surface area contributed by atoms with Crippen LogP contribution in [0.25, 0.3) is 0 Å². The van der Waals surface area contributed by atoms with Crippen LogP contribution in [-0.2, 0) is 4.79 Å². The number of rotatable bonds is 6. The van der Waals surface area contributed by atoms with Crippen molar-refractivity contribution in [2.24, 2.45) is 5.92 Å². The van der Waals surface area contributed by atoms with Crippen molar-refractivity contribution in [2.45, 2.75) is 19.3 Å². The molecular formula is C16H21NO4. The summed E-state index contributed by atoms with van der Waals surface area (Å²) in [5, 5.41) is 8.96. The number of nitrogens with zero attached hydrogens (tertiary/aromatic N) is 1. The van der Waals surface area contributed by atoms with E-state index in [-0.39, 0.29) is 11.7 Å². The molecule has 114 valence electrons. The number of ether oxygens (including phenoxy) is 1. The predicted molar refractivity (Wildman–Crippen MR) is 78.7 cm³/mol. The minimum absolute atomic E-state index is 0.0919. The molecule has 2 rings (SSSR count). The van der Waals surface area contributed by atoms with Gasteiger partial charge in [-0.25, -0.2) is 0 Å². The van der Waals surface area contributed by atoms with Gasteiger partial charge in [0.15, 0.2) is 5.78 Å². The summed E-state index contributed by atoms with van der Waals surface area (Å²) in [6.07, 6.45) is 1.79. The number of benzene rings is 1. The van der Waals surface area contributed by atoms with Gasteiger partial charge in [-0.1, -0.05) is 12.1 Å². The van der Waals surface area contributed by atoms with Gasteiger partial charge in [0.2, 0.25) is 0 Å². The van der Waals surface area contributed by atoms with E-state index in [1.807, 2.05) is 12.1 Å². The number of carbonyl (C=O) groups is 2. The van der Waals surface area contributed by atoms with Gasteiger partial charge in [-0.2, -0.15) is 0 Å². The number of carboxylic acids is 1. The van der Waals surface area contributed by atoms with E-state index in [0.717, 1.165) is 13.1 Å². The average Bonchev–Trinajstić information content (AvgIpc) is 2.53. The van der Waals surface area contributed by atoms with Crippen molar-refractivity contribution >= 4 is 11.8 Å². The molecule has 0 amide bonds. The molecule has 1 aromatic rings. The number of Topliss-reactive ketones (excluding diaryl/α,β-unsaturated/α-hetero) is 1. The Bertz CT molecular complexity index is 507. The molecule has 5 heteroatoms. The number of ketones is 1. The SMILES string of the molecule is COc1cccc(C(=O)CCN2CCC(C(=O)O)CC2)c1. The van der Waals surface area contributed by atoms with Crippen LogP contribution in [0.5, 0.6) is 5.75 Å². The smallest absolute Gasteiger partial charge is 0.306 e. The lowest BCUT2D eigenvalue weighted by Crippen LogP contribution is -2.37. The highest BCUT2D eigenvalue weighted by Crippen LogP contribution is 2.18. The standard InChI is InChI=1S/C16H21NO4/c1-21-14-4-2-3-13(11-14)15(18)7-10-17-8-5-12(6-9-17)16(19)20/h2-4,11-12H,5-10H2,1H3,(H,19,20). The van der Waals surface area contributed by atoms with Gasteiger partial charge in [0.1, 0.15) is 5.75 Å². The summed E-state index contributed by atoms with van der Waals surface area (Å²) in [5.41, 5.74) is 0.662. The van der Waals surface area contributed by atoms with Gasteiger partial charge in [0.05, 0.1) is 13.0 Å². The fourth-order valence-electron chi connectivity index (χ4n) is 2.60. The Balaban J connectivity index is 1.80. The van der Waals surface area contributed by atoms with Gasteiger partial charge in [0, 0.05) is 18.5 Å². The van der Waals surface area contributed by atoms with Crippen LogP contribution in [-0.4, -0.2) is 48.5 Å². The van der Waals surface area contributed by atoms with Crippen LogP contribution in [0.1, 0.15) is 29.6 Å². The Kier molecular flexibility index (Phi) is 5.33. The first kappa shape index (κ1) is 15.5. The summed E-state index contributed by atoms with van der Waals surface area (Å²) in [7, 11) is 1.58. The van der Waals surface area contributed by atoms with E-state index in [1.165, 1.54) is 0 Å². The van der Waals surface area contributed by atoms with Crippen molar-refractivity contribution in [3.8, 4) is 5.75 Å². The normalized spacial score (nSPS) is 16.6. The van der Waals surface area contributed by atoms with Crippen molar-refractivity contribution in [2.75, 3.05) is 26.7 Å². The molecule has 0 aliphatic carbocycles. The van der Waals surface area contributed by atoms with E-state index < -0.39 is 5.97 Å². The second kappa shape index (κ2) is 7.22. The van der Waals surface area contributed by atoms with E-state index >= 15 is 0 Å². The molecule has 1 heterocycles. The quantitative estimate of drug-likeness (QED) is 0.813. The number of aliphatic carboxylic acids is 1. The lowest BCUT2D eigenvalue weighted by molar-refractivity contribution is -0.143. The molecule has 21 heavy (non-hydrogen) atoms. The number of methoxy groups -OCH3 is 1. The van der Waals surface area contributed by atoms with E-state index in [2.05, 4.69) is 4.90 Å². The lowest BCUT2D eigenvalue weighted by atomic mass is 9.97. The van der Waals surface area contributed by atoms with Crippen molar-refractivity contribution in [1.29, 1.82) is 0 Å². The monoisotopic (exact) mass is 291 g/mol. The summed E-state index contributed by atoms with van der Waals surface area (Å²) in [6, 6.07) is 7.17. The first-order valence-electron chi connectivity index (χ1n) is 7.22. The highest BCUT2D eigenvalue weighted by molar-refractivity contribution is 5.96. The molecule has 0 saturated carbocycles. The number of hydrogen-bond acceptors (Lipinski definition) is 4. The summed E-state index contributed by atoms with van der Waals surface area (Å²) in [5.74, 6) is -0.158. The molecule has 0 bridgehead atoms.